The third-order valence-electron chi connectivity index (χ3n) is 2.42. The number of nitrogens with zero attached hydrogens (tertiary/aromatic N) is 1. The van der Waals surface area contributed by atoms with Crippen molar-refractivity contribution in [3.63, 3.8) is 0 Å². The van der Waals surface area contributed by atoms with E-state index in [4.69, 9.17) is 0 Å². The number of rotatable bonds is 2. The molecule has 0 amide bonds. The Morgan fingerprint density at radius 3 is 2.25 bits per heavy atom. The molecule has 2 nitrogen and oxygen atoms in total. The summed E-state index contributed by atoms with van der Waals surface area (Å²) in [4.78, 5) is 2.44. The molecule has 1 fully saturated rings. The van der Waals surface area contributed by atoms with Gasteiger partial charge in [-0.2, -0.15) is 0 Å². The molecule has 1 N–H and O–H groups in total. The lowest BCUT2D eigenvalue weighted by molar-refractivity contribution is 0.208. The van der Waals surface area contributed by atoms with E-state index in [1.165, 1.54) is 19.5 Å². The number of nitrogens with one attached hydrogen (secondary N) is 1. The van der Waals surface area contributed by atoms with Crippen molar-refractivity contribution in [1.29, 1.82) is 0 Å². The van der Waals surface area contributed by atoms with Gasteiger partial charge in [-0.1, -0.05) is 0 Å². The largest absolute Gasteiger partial charge is 0.315 e. The maximum atomic E-state index is 3.37. The lowest BCUT2D eigenvalue weighted by Crippen LogP contribution is -2.38. The molecule has 0 spiro atoms. The molecule has 1 aliphatic rings. The van der Waals surface area contributed by atoms with E-state index >= 15 is 0 Å². The van der Waals surface area contributed by atoms with E-state index in [9.17, 15) is 0 Å². The van der Waals surface area contributed by atoms with Crippen LogP contribution in [-0.4, -0.2) is 37.1 Å². The molecule has 1 aliphatic heterocycles. The molecule has 1 heterocycles. The number of hydrogen-bond acceptors (Lipinski definition) is 2. The fourth-order valence-electron chi connectivity index (χ4n) is 1.41. The lowest BCUT2D eigenvalue weighted by atomic mass is 10.2. The first kappa shape index (κ1) is 15.0. The molecule has 0 radical (unpaired) electrons. The van der Waals surface area contributed by atoms with E-state index in [1.54, 1.807) is 0 Å². The predicted molar refractivity (Wildman–Crippen MR) is 58.7 cm³/mol. The van der Waals surface area contributed by atoms with Gasteiger partial charge >= 0.3 is 0 Å². The summed E-state index contributed by atoms with van der Waals surface area (Å²) in [5, 5.41) is 3.37. The first-order chi connectivity index (χ1) is 4.72. The highest BCUT2D eigenvalue weighted by Crippen LogP contribution is 2.08. The van der Waals surface area contributed by atoms with Crippen LogP contribution in [0.2, 0.25) is 0 Å². The van der Waals surface area contributed by atoms with Gasteiger partial charge in [-0.25, -0.2) is 0 Å². The molecule has 1 unspecified atom stereocenters. The van der Waals surface area contributed by atoms with Gasteiger partial charge in [0.1, 0.15) is 0 Å². The van der Waals surface area contributed by atoms with Crippen molar-refractivity contribution in [2.75, 3.05) is 20.1 Å². The van der Waals surface area contributed by atoms with Crippen molar-refractivity contribution in [3.8, 4) is 0 Å². The van der Waals surface area contributed by atoms with Gasteiger partial charge in [0, 0.05) is 18.6 Å². The van der Waals surface area contributed by atoms with Crippen molar-refractivity contribution in [3.05, 3.63) is 0 Å². The average molecular weight is 215 g/mol. The second-order valence-corrected chi connectivity index (χ2v) is 3.41. The van der Waals surface area contributed by atoms with E-state index in [2.05, 4.69) is 31.1 Å². The summed E-state index contributed by atoms with van der Waals surface area (Å²) in [6.45, 7) is 6.87. The molecule has 0 aromatic heterocycles. The van der Waals surface area contributed by atoms with Gasteiger partial charge in [0.2, 0.25) is 0 Å². The van der Waals surface area contributed by atoms with Gasteiger partial charge in [-0.3, -0.25) is 4.90 Å². The maximum Gasteiger partial charge on any atom is 0.0232 e. The normalized spacial score (nSPS) is 22.2. The summed E-state index contributed by atoms with van der Waals surface area (Å²) in [7, 11) is 2.21. The Labute approximate surface area is 87.9 Å². The third kappa shape index (κ3) is 3.94. The maximum absolute atomic E-state index is 3.37. The molecule has 1 atom stereocenters. The summed E-state index contributed by atoms with van der Waals surface area (Å²) in [5.41, 5.74) is 0. The van der Waals surface area contributed by atoms with Crippen LogP contribution in [0.15, 0.2) is 0 Å². The summed E-state index contributed by atoms with van der Waals surface area (Å²) >= 11 is 0. The molecule has 0 aliphatic carbocycles. The highest BCUT2D eigenvalue weighted by molar-refractivity contribution is 5.85. The van der Waals surface area contributed by atoms with E-state index in [0.717, 1.165) is 6.04 Å². The second kappa shape index (κ2) is 6.96. The average Bonchev–Trinajstić information content (AvgIpc) is 2.36. The smallest absolute Gasteiger partial charge is 0.0232 e. The molecule has 0 bridgehead atoms. The quantitative estimate of drug-likeness (QED) is 0.751. The predicted octanol–water partition coefficient (Wildman–Crippen LogP) is 1.53. The van der Waals surface area contributed by atoms with Crippen LogP contribution in [0.5, 0.6) is 0 Å². The Morgan fingerprint density at radius 2 is 1.92 bits per heavy atom. The molecule has 0 aromatic rings. The van der Waals surface area contributed by atoms with Crippen molar-refractivity contribution in [1.82, 2.24) is 10.2 Å². The first-order valence-electron chi connectivity index (χ1n) is 4.14. The number of hydrogen-bond donors (Lipinski definition) is 1. The Kier molecular flexibility index (Phi) is 8.69. The van der Waals surface area contributed by atoms with Crippen molar-refractivity contribution in [2.45, 2.75) is 32.4 Å². The molecular weight excluding hydrogens is 195 g/mol. The minimum Gasteiger partial charge on any atom is -0.315 e. The zero-order valence-electron chi connectivity index (χ0n) is 8.04. The van der Waals surface area contributed by atoms with Crippen LogP contribution < -0.4 is 5.32 Å². The Bertz CT molecular complexity index is 103. The molecule has 1 rings (SSSR count). The minimum atomic E-state index is 0. The lowest BCUT2D eigenvalue weighted by Gasteiger charge is -2.27. The number of halogens is 2. The summed E-state index contributed by atoms with van der Waals surface area (Å²) in [5.74, 6) is 0. The Hall–Kier alpha value is 0.500. The summed E-state index contributed by atoms with van der Waals surface area (Å²) in [6, 6.07) is 1.46. The van der Waals surface area contributed by atoms with E-state index in [1.807, 2.05) is 0 Å². The van der Waals surface area contributed by atoms with Crippen LogP contribution in [0.3, 0.4) is 0 Å². The number of likely N-dealkylation sites (N-methyl/N-ethyl adjacent to an activating group) is 1. The van der Waals surface area contributed by atoms with Crippen molar-refractivity contribution < 1.29 is 0 Å². The zero-order valence-corrected chi connectivity index (χ0v) is 9.67. The molecule has 1 saturated heterocycles. The monoisotopic (exact) mass is 214 g/mol. The van der Waals surface area contributed by atoms with Crippen LogP contribution in [0.4, 0.5) is 0 Å². The van der Waals surface area contributed by atoms with Crippen molar-refractivity contribution >= 4 is 24.8 Å². The van der Waals surface area contributed by atoms with Gasteiger partial charge < -0.3 is 5.32 Å². The zero-order chi connectivity index (χ0) is 7.56. The van der Waals surface area contributed by atoms with Crippen LogP contribution >= 0.6 is 24.8 Å². The summed E-state index contributed by atoms with van der Waals surface area (Å²) < 4.78 is 0. The Morgan fingerprint density at radius 1 is 1.33 bits per heavy atom. The van der Waals surface area contributed by atoms with Gasteiger partial charge in [-0.05, 0) is 33.9 Å². The molecular formula is C8H20Cl2N2. The SMILES string of the molecule is CC(C)N(C)C1CCNC1.Cl.Cl. The third-order valence-corrected chi connectivity index (χ3v) is 2.42. The van der Waals surface area contributed by atoms with Gasteiger partial charge in [-0.15, -0.1) is 24.8 Å². The highest BCUT2D eigenvalue weighted by atomic mass is 35.5. The van der Waals surface area contributed by atoms with Gasteiger partial charge in [0.15, 0.2) is 0 Å². The van der Waals surface area contributed by atoms with Gasteiger partial charge in [0.05, 0.1) is 0 Å². The van der Waals surface area contributed by atoms with Crippen LogP contribution in [0.25, 0.3) is 0 Å². The van der Waals surface area contributed by atoms with Crippen LogP contribution in [0.1, 0.15) is 20.3 Å². The van der Waals surface area contributed by atoms with Crippen molar-refractivity contribution in [2.24, 2.45) is 0 Å². The van der Waals surface area contributed by atoms with Crippen LogP contribution in [-0.2, 0) is 0 Å². The molecule has 4 heteroatoms. The fourth-order valence-corrected chi connectivity index (χ4v) is 1.41. The van der Waals surface area contributed by atoms with E-state index < -0.39 is 0 Å². The first-order valence-corrected chi connectivity index (χ1v) is 4.14. The molecule has 12 heavy (non-hydrogen) atoms. The molecule has 76 valence electrons. The van der Waals surface area contributed by atoms with E-state index in [0.29, 0.717) is 6.04 Å². The topological polar surface area (TPSA) is 15.3 Å². The van der Waals surface area contributed by atoms with E-state index in [-0.39, 0.29) is 24.8 Å². The fraction of sp³-hybridized carbons (Fsp3) is 1.00. The molecule has 0 aromatic carbocycles. The van der Waals surface area contributed by atoms with Crippen LogP contribution in [0, 0.1) is 0 Å². The summed E-state index contributed by atoms with van der Waals surface area (Å²) in [6.07, 6.45) is 1.31. The second-order valence-electron chi connectivity index (χ2n) is 3.41. The van der Waals surface area contributed by atoms with Gasteiger partial charge in [0.25, 0.3) is 0 Å². The minimum absolute atomic E-state index is 0. The highest BCUT2D eigenvalue weighted by Gasteiger charge is 2.20. The molecule has 0 saturated carbocycles. The standard InChI is InChI=1S/C8H18N2.2ClH/c1-7(2)10(3)8-4-5-9-6-8;;/h7-9H,4-6H2,1-3H3;2*1H. The Balaban J connectivity index is 0.